The molecule has 0 aromatic rings. The SMILES string of the molecule is CNCCCC1CCN1C. The van der Waals surface area contributed by atoms with Crippen LogP contribution >= 0.6 is 0 Å². The van der Waals surface area contributed by atoms with Gasteiger partial charge in [0.05, 0.1) is 0 Å². The van der Waals surface area contributed by atoms with Crippen molar-refractivity contribution in [1.29, 1.82) is 0 Å². The minimum atomic E-state index is 0.897. The van der Waals surface area contributed by atoms with E-state index in [1.165, 1.54) is 32.4 Å². The standard InChI is InChI=1S/C8H18N2/c1-9-6-3-4-8-5-7-10(8)2/h8-9H,3-7H2,1-2H3. The van der Waals surface area contributed by atoms with E-state index in [-0.39, 0.29) is 0 Å². The Balaban J connectivity index is 1.92. The Bertz CT molecular complexity index is 93.3. The Kier molecular flexibility index (Phi) is 3.16. The van der Waals surface area contributed by atoms with Crippen LogP contribution in [0.3, 0.4) is 0 Å². The summed E-state index contributed by atoms with van der Waals surface area (Å²) in [5, 5.41) is 3.17. The molecular weight excluding hydrogens is 124 g/mol. The van der Waals surface area contributed by atoms with Crippen LogP contribution in [-0.4, -0.2) is 38.1 Å². The lowest BCUT2D eigenvalue weighted by Crippen LogP contribution is -2.44. The third kappa shape index (κ3) is 1.96. The van der Waals surface area contributed by atoms with E-state index in [9.17, 15) is 0 Å². The lowest BCUT2D eigenvalue weighted by Gasteiger charge is -2.37. The van der Waals surface area contributed by atoms with Crippen molar-refractivity contribution < 1.29 is 0 Å². The number of nitrogens with zero attached hydrogens (tertiary/aromatic N) is 1. The molecule has 1 N–H and O–H groups in total. The minimum Gasteiger partial charge on any atom is -0.320 e. The van der Waals surface area contributed by atoms with Crippen molar-refractivity contribution in [2.24, 2.45) is 0 Å². The van der Waals surface area contributed by atoms with Crippen LogP contribution in [0.25, 0.3) is 0 Å². The van der Waals surface area contributed by atoms with Crippen molar-refractivity contribution >= 4 is 0 Å². The Morgan fingerprint density at radius 3 is 2.80 bits per heavy atom. The maximum absolute atomic E-state index is 3.17. The normalized spacial score (nSPS) is 26.4. The molecule has 1 atom stereocenters. The average Bonchev–Trinajstić information content (AvgIpc) is 1.95. The molecule has 1 aliphatic rings. The molecule has 0 aromatic carbocycles. The predicted octanol–water partition coefficient (Wildman–Crippen LogP) is 0.690. The molecule has 1 heterocycles. The zero-order valence-corrected chi connectivity index (χ0v) is 7.06. The third-order valence-electron chi connectivity index (χ3n) is 2.40. The van der Waals surface area contributed by atoms with Gasteiger partial charge in [-0.15, -0.1) is 0 Å². The maximum atomic E-state index is 3.17. The molecule has 60 valence electrons. The van der Waals surface area contributed by atoms with Crippen molar-refractivity contribution in [3.63, 3.8) is 0 Å². The van der Waals surface area contributed by atoms with Gasteiger partial charge in [0.15, 0.2) is 0 Å². The monoisotopic (exact) mass is 142 g/mol. The van der Waals surface area contributed by atoms with Crippen LogP contribution in [0.15, 0.2) is 0 Å². The molecule has 1 rings (SSSR count). The molecule has 0 radical (unpaired) electrons. The second kappa shape index (κ2) is 3.94. The zero-order chi connectivity index (χ0) is 7.40. The Morgan fingerprint density at radius 1 is 1.60 bits per heavy atom. The Labute approximate surface area is 63.6 Å². The van der Waals surface area contributed by atoms with Crippen molar-refractivity contribution in [2.75, 3.05) is 27.2 Å². The van der Waals surface area contributed by atoms with Crippen LogP contribution in [0.1, 0.15) is 19.3 Å². The molecule has 0 aliphatic carbocycles. The van der Waals surface area contributed by atoms with Gasteiger partial charge >= 0.3 is 0 Å². The van der Waals surface area contributed by atoms with Gasteiger partial charge in [0.25, 0.3) is 0 Å². The predicted molar refractivity (Wildman–Crippen MR) is 44.2 cm³/mol. The molecule has 0 bridgehead atoms. The Hall–Kier alpha value is -0.0800. The summed E-state index contributed by atoms with van der Waals surface area (Å²) in [5.74, 6) is 0. The van der Waals surface area contributed by atoms with E-state index in [0.29, 0.717) is 0 Å². The van der Waals surface area contributed by atoms with E-state index in [2.05, 4.69) is 17.3 Å². The largest absolute Gasteiger partial charge is 0.320 e. The number of nitrogens with one attached hydrogen (secondary N) is 1. The van der Waals surface area contributed by atoms with Gasteiger partial charge in [0.1, 0.15) is 0 Å². The second-order valence-corrected chi connectivity index (χ2v) is 3.17. The molecule has 0 aromatic heterocycles. The fourth-order valence-electron chi connectivity index (χ4n) is 1.45. The van der Waals surface area contributed by atoms with Gasteiger partial charge in [0.2, 0.25) is 0 Å². The lowest BCUT2D eigenvalue weighted by molar-refractivity contribution is 0.116. The highest BCUT2D eigenvalue weighted by atomic mass is 15.2. The fourth-order valence-corrected chi connectivity index (χ4v) is 1.45. The van der Waals surface area contributed by atoms with Crippen LogP contribution in [0, 0.1) is 0 Å². The third-order valence-corrected chi connectivity index (χ3v) is 2.40. The van der Waals surface area contributed by atoms with E-state index in [4.69, 9.17) is 0 Å². The summed E-state index contributed by atoms with van der Waals surface area (Å²) in [6, 6.07) is 0.897. The maximum Gasteiger partial charge on any atom is 0.0105 e. The minimum absolute atomic E-state index is 0.897. The van der Waals surface area contributed by atoms with Crippen molar-refractivity contribution in [1.82, 2.24) is 10.2 Å². The van der Waals surface area contributed by atoms with E-state index in [0.717, 1.165) is 6.04 Å². The van der Waals surface area contributed by atoms with Crippen LogP contribution in [0.5, 0.6) is 0 Å². The van der Waals surface area contributed by atoms with Gasteiger partial charge < -0.3 is 10.2 Å². The summed E-state index contributed by atoms with van der Waals surface area (Å²) in [4.78, 5) is 2.44. The molecule has 0 saturated carbocycles. The molecule has 1 fully saturated rings. The molecule has 0 spiro atoms. The van der Waals surface area contributed by atoms with Crippen LogP contribution in [0.2, 0.25) is 0 Å². The summed E-state index contributed by atoms with van der Waals surface area (Å²) in [7, 11) is 4.23. The number of rotatable bonds is 4. The van der Waals surface area contributed by atoms with Crippen molar-refractivity contribution in [2.45, 2.75) is 25.3 Å². The quantitative estimate of drug-likeness (QED) is 0.581. The molecular formula is C8H18N2. The number of hydrogen-bond acceptors (Lipinski definition) is 2. The first kappa shape index (κ1) is 8.02. The first-order valence-electron chi connectivity index (χ1n) is 4.19. The summed E-state index contributed by atoms with van der Waals surface area (Å²) in [6.45, 7) is 2.48. The van der Waals surface area contributed by atoms with Gasteiger partial charge in [-0.25, -0.2) is 0 Å². The highest BCUT2D eigenvalue weighted by Crippen LogP contribution is 2.18. The fraction of sp³-hybridized carbons (Fsp3) is 1.00. The van der Waals surface area contributed by atoms with Crippen LogP contribution in [-0.2, 0) is 0 Å². The van der Waals surface area contributed by atoms with E-state index in [1.54, 1.807) is 0 Å². The molecule has 2 nitrogen and oxygen atoms in total. The summed E-state index contributed by atoms with van der Waals surface area (Å²) in [6.07, 6.45) is 4.11. The molecule has 1 unspecified atom stereocenters. The smallest absolute Gasteiger partial charge is 0.0105 e. The molecule has 1 saturated heterocycles. The van der Waals surface area contributed by atoms with Gasteiger partial charge in [-0.2, -0.15) is 0 Å². The molecule has 2 heteroatoms. The van der Waals surface area contributed by atoms with Crippen LogP contribution < -0.4 is 5.32 Å². The molecule has 1 aliphatic heterocycles. The summed E-state index contributed by atoms with van der Waals surface area (Å²) < 4.78 is 0. The number of hydrogen-bond donors (Lipinski definition) is 1. The molecule has 0 amide bonds. The highest BCUT2D eigenvalue weighted by molar-refractivity contribution is 4.79. The van der Waals surface area contributed by atoms with Crippen molar-refractivity contribution in [3.05, 3.63) is 0 Å². The van der Waals surface area contributed by atoms with Crippen LogP contribution in [0.4, 0.5) is 0 Å². The Morgan fingerprint density at radius 2 is 2.40 bits per heavy atom. The number of likely N-dealkylation sites (tertiary alicyclic amines) is 1. The zero-order valence-electron chi connectivity index (χ0n) is 7.06. The molecule has 10 heavy (non-hydrogen) atoms. The summed E-state index contributed by atoms with van der Waals surface area (Å²) >= 11 is 0. The van der Waals surface area contributed by atoms with Gasteiger partial charge in [-0.05, 0) is 46.4 Å². The van der Waals surface area contributed by atoms with Gasteiger partial charge in [-0.1, -0.05) is 0 Å². The first-order chi connectivity index (χ1) is 4.84. The average molecular weight is 142 g/mol. The van der Waals surface area contributed by atoms with Gasteiger partial charge in [-0.3, -0.25) is 0 Å². The second-order valence-electron chi connectivity index (χ2n) is 3.17. The lowest BCUT2D eigenvalue weighted by atomic mass is 9.99. The van der Waals surface area contributed by atoms with E-state index < -0.39 is 0 Å². The first-order valence-corrected chi connectivity index (χ1v) is 4.19. The van der Waals surface area contributed by atoms with E-state index >= 15 is 0 Å². The van der Waals surface area contributed by atoms with Gasteiger partial charge in [0, 0.05) is 6.04 Å². The summed E-state index contributed by atoms with van der Waals surface area (Å²) in [5.41, 5.74) is 0. The highest BCUT2D eigenvalue weighted by Gasteiger charge is 2.22. The van der Waals surface area contributed by atoms with E-state index in [1.807, 2.05) is 7.05 Å². The topological polar surface area (TPSA) is 15.3 Å². The van der Waals surface area contributed by atoms with Crippen molar-refractivity contribution in [3.8, 4) is 0 Å².